The van der Waals surface area contributed by atoms with E-state index in [0.29, 0.717) is 11.3 Å². The van der Waals surface area contributed by atoms with E-state index < -0.39 is 60.6 Å². The van der Waals surface area contributed by atoms with Gasteiger partial charge in [0, 0.05) is 25.0 Å². The fraction of sp³-hybridized carbons (Fsp3) is 0.455. The van der Waals surface area contributed by atoms with Crippen LogP contribution in [0.2, 0.25) is 0 Å². The number of carbonyl (C=O) groups excluding carboxylic acids is 2. The minimum atomic E-state index is -3.83. The molecule has 1 aliphatic rings. The van der Waals surface area contributed by atoms with Gasteiger partial charge in [-0.25, -0.2) is 22.5 Å². The Balaban J connectivity index is 1.67. The molecule has 10 nitrogen and oxygen atoms in total. The summed E-state index contributed by atoms with van der Waals surface area (Å²) in [6.07, 6.45) is 2.91. The number of rotatable bonds is 9. The van der Waals surface area contributed by atoms with E-state index in [1.54, 1.807) is 6.92 Å². The predicted molar refractivity (Wildman–Crippen MR) is 114 cm³/mol. The molecule has 1 saturated heterocycles. The van der Waals surface area contributed by atoms with Gasteiger partial charge >= 0.3 is 11.9 Å². The van der Waals surface area contributed by atoms with Crippen molar-refractivity contribution in [2.24, 2.45) is 0 Å². The number of hydrogen-bond acceptors (Lipinski definition) is 8. The number of aromatic nitrogens is 2. The number of aliphatic hydroxyl groups is 3. The lowest BCUT2D eigenvalue weighted by Gasteiger charge is -2.21. The molecule has 1 aromatic heterocycles. The summed E-state index contributed by atoms with van der Waals surface area (Å²) in [5.41, 5.74) is -0.0850. The quantitative estimate of drug-likeness (QED) is 0.282. The number of nitrogens with zero attached hydrogens (tertiary/aromatic N) is 3. The fourth-order valence-electron chi connectivity index (χ4n) is 3.65. The summed E-state index contributed by atoms with van der Waals surface area (Å²) in [6, 6.07) is 1.21. The third kappa shape index (κ3) is 6.44. The lowest BCUT2D eigenvalue weighted by Crippen LogP contribution is -2.49. The number of aryl methyl sites for hydroxylation is 1. The second-order valence-corrected chi connectivity index (χ2v) is 8.22. The van der Waals surface area contributed by atoms with Crippen LogP contribution in [-0.4, -0.2) is 79.1 Å². The Morgan fingerprint density at radius 3 is 2.56 bits per heavy atom. The first-order valence-corrected chi connectivity index (χ1v) is 10.9. The van der Waals surface area contributed by atoms with E-state index in [-0.39, 0.29) is 30.0 Å². The molecule has 14 heteroatoms. The van der Waals surface area contributed by atoms with Crippen molar-refractivity contribution in [1.82, 2.24) is 20.2 Å². The molecule has 2 amide bonds. The van der Waals surface area contributed by atoms with Crippen LogP contribution in [0, 0.1) is 11.6 Å². The number of amides is 2. The number of alkyl halides is 2. The highest BCUT2D eigenvalue weighted by Crippen LogP contribution is 2.29. The van der Waals surface area contributed by atoms with E-state index in [9.17, 15) is 27.2 Å². The average Bonchev–Trinajstić information content (AvgIpc) is 3.11. The van der Waals surface area contributed by atoms with E-state index in [1.165, 1.54) is 18.5 Å². The normalized spacial score (nSPS) is 18.1. The third-order valence-corrected chi connectivity index (χ3v) is 5.54. The van der Waals surface area contributed by atoms with Crippen LogP contribution >= 0.6 is 0 Å². The summed E-state index contributed by atoms with van der Waals surface area (Å²) in [7, 11) is 0. The predicted octanol–water partition coefficient (Wildman–Crippen LogP) is 0.752. The first kappa shape index (κ1) is 27.2. The lowest BCUT2D eigenvalue weighted by molar-refractivity contribution is -0.294. The standard InChI is InChI=1S/C22H24F4N4O6/c1-2-12(36-13-3-5-14(23)15(24)9-13)4-6-16-18(28-8-7-27-16)19(31)29-17-10-30(11-21(17,25)26)20(32)22(33,34)35/h3,5,7-9,12,17,33-35H,2,4,6,10-11H2,1H3,(H,29,31). The van der Waals surface area contributed by atoms with Crippen molar-refractivity contribution in [2.75, 3.05) is 13.1 Å². The molecule has 2 unspecified atom stereocenters. The van der Waals surface area contributed by atoms with Gasteiger partial charge in [-0.15, -0.1) is 0 Å². The first-order valence-electron chi connectivity index (χ1n) is 10.9. The molecule has 36 heavy (non-hydrogen) atoms. The summed E-state index contributed by atoms with van der Waals surface area (Å²) in [5.74, 6) is -12.2. The van der Waals surface area contributed by atoms with Crippen LogP contribution in [0.3, 0.4) is 0 Å². The minimum Gasteiger partial charge on any atom is -0.490 e. The van der Waals surface area contributed by atoms with Crippen molar-refractivity contribution in [2.45, 2.75) is 50.2 Å². The Morgan fingerprint density at radius 2 is 1.92 bits per heavy atom. The summed E-state index contributed by atoms with van der Waals surface area (Å²) in [6.45, 7) is -0.256. The van der Waals surface area contributed by atoms with Crippen LogP contribution in [0.15, 0.2) is 30.6 Å². The van der Waals surface area contributed by atoms with E-state index in [1.807, 2.05) is 0 Å². The molecule has 3 rings (SSSR count). The van der Waals surface area contributed by atoms with Gasteiger partial charge in [0.05, 0.1) is 18.3 Å². The second-order valence-electron chi connectivity index (χ2n) is 8.22. The molecule has 0 bridgehead atoms. The molecule has 2 heterocycles. The van der Waals surface area contributed by atoms with Crippen LogP contribution in [0.5, 0.6) is 5.75 Å². The number of benzene rings is 1. The van der Waals surface area contributed by atoms with Crippen molar-refractivity contribution in [3.8, 4) is 5.75 Å². The first-order chi connectivity index (χ1) is 16.8. The molecule has 1 aliphatic heterocycles. The van der Waals surface area contributed by atoms with E-state index in [0.717, 1.165) is 12.1 Å². The van der Waals surface area contributed by atoms with Crippen molar-refractivity contribution in [1.29, 1.82) is 0 Å². The maximum atomic E-state index is 14.4. The number of nitrogens with one attached hydrogen (secondary N) is 1. The largest absolute Gasteiger partial charge is 0.490 e. The minimum absolute atomic E-state index is 0.109. The van der Waals surface area contributed by atoms with Gasteiger partial charge in [0.25, 0.3) is 11.8 Å². The number of carbonyl (C=O) groups is 2. The summed E-state index contributed by atoms with van der Waals surface area (Å²) >= 11 is 0. The maximum Gasteiger partial charge on any atom is 0.360 e. The molecule has 0 saturated carbocycles. The zero-order chi connectivity index (χ0) is 26.7. The van der Waals surface area contributed by atoms with Gasteiger partial charge in [0.15, 0.2) is 11.6 Å². The Bertz CT molecular complexity index is 1110. The molecule has 1 fully saturated rings. The number of likely N-dealkylation sites (tertiary alicyclic amines) is 1. The molecule has 1 aromatic carbocycles. The second kappa shape index (κ2) is 10.7. The Labute approximate surface area is 202 Å². The van der Waals surface area contributed by atoms with Gasteiger partial charge in [0.1, 0.15) is 17.5 Å². The van der Waals surface area contributed by atoms with Crippen molar-refractivity contribution >= 4 is 11.8 Å². The van der Waals surface area contributed by atoms with Crippen LogP contribution in [0.1, 0.15) is 35.9 Å². The van der Waals surface area contributed by atoms with Crippen molar-refractivity contribution in [3.63, 3.8) is 0 Å². The number of hydrogen-bond donors (Lipinski definition) is 4. The molecule has 2 atom stereocenters. The average molecular weight is 516 g/mol. The van der Waals surface area contributed by atoms with Gasteiger partial charge in [-0.05, 0) is 31.4 Å². The molecule has 2 aromatic rings. The maximum absolute atomic E-state index is 14.4. The van der Waals surface area contributed by atoms with Crippen LogP contribution < -0.4 is 10.1 Å². The fourth-order valence-corrected chi connectivity index (χ4v) is 3.65. The van der Waals surface area contributed by atoms with Gasteiger partial charge in [-0.2, -0.15) is 0 Å². The number of ether oxygens (including phenoxy) is 1. The molecular weight excluding hydrogens is 492 g/mol. The van der Waals surface area contributed by atoms with Crippen LogP contribution in [0.25, 0.3) is 0 Å². The highest BCUT2D eigenvalue weighted by molar-refractivity contribution is 5.93. The molecule has 4 N–H and O–H groups in total. The molecule has 196 valence electrons. The van der Waals surface area contributed by atoms with Gasteiger partial charge in [-0.1, -0.05) is 6.92 Å². The van der Waals surface area contributed by atoms with Gasteiger partial charge in [-0.3, -0.25) is 14.6 Å². The van der Waals surface area contributed by atoms with Gasteiger partial charge < -0.3 is 30.3 Å². The molecule has 0 spiro atoms. The monoisotopic (exact) mass is 516 g/mol. The van der Waals surface area contributed by atoms with Gasteiger partial charge in [0.2, 0.25) is 0 Å². The Kier molecular flexibility index (Phi) is 8.11. The zero-order valence-electron chi connectivity index (χ0n) is 19.0. The Morgan fingerprint density at radius 1 is 1.22 bits per heavy atom. The van der Waals surface area contributed by atoms with Crippen molar-refractivity contribution < 1.29 is 47.2 Å². The SMILES string of the molecule is CCC(CCc1nccnc1C(=O)NC1CN(C(=O)C(O)(O)O)CC1(F)F)Oc1ccc(F)c(F)c1. The summed E-state index contributed by atoms with van der Waals surface area (Å²) in [4.78, 5) is 32.8. The van der Waals surface area contributed by atoms with Crippen molar-refractivity contribution in [3.05, 3.63) is 53.6 Å². The third-order valence-electron chi connectivity index (χ3n) is 5.54. The highest BCUT2D eigenvalue weighted by Gasteiger charge is 2.53. The van der Waals surface area contributed by atoms with E-state index in [2.05, 4.69) is 15.3 Å². The zero-order valence-corrected chi connectivity index (χ0v) is 19.0. The van der Waals surface area contributed by atoms with E-state index >= 15 is 0 Å². The number of halogens is 4. The topological polar surface area (TPSA) is 145 Å². The molecule has 0 radical (unpaired) electrons. The molecular formula is C22H24F4N4O6. The summed E-state index contributed by atoms with van der Waals surface area (Å²) < 4.78 is 61.0. The Hall–Kier alpha value is -3.36. The van der Waals surface area contributed by atoms with Crippen LogP contribution in [-0.2, 0) is 11.2 Å². The lowest BCUT2D eigenvalue weighted by atomic mass is 10.1. The van der Waals surface area contributed by atoms with E-state index in [4.69, 9.17) is 20.1 Å². The smallest absolute Gasteiger partial charge is 0.360 e. The highest BCUT2D eigenvalue weighted by atomic mass is 19.3. The molecule has 0 aliphatic carbocycles. The van der Waals surface area contributed by atoms with Crippen LogP contribution in [0.4, 0.5) is 17.6 Å². The summed E-state index contributed by atoms with van der Waals surface area (Å²) in [5, 5.41) is 29.0.